The Morgan fingerprint density at radius 3 is 2.32 bits per heavy atom. The smallest absolute Gasteiger partial charge is 0.224 e. The summed E-state index contributed by atoms with van der Waals surface area (Å²) in [5.41, 5.74) is 7.09. The molecule has 0 unspecified atom stereocenters. The highest BCUT2D eigenvalue weighted by atomic mass is 15.2. The predicted molar refractivity (Wildman–Crippen MR) is 125 cm³/mol. The molecule has 0 radical (unpaired) electrons. The number of imidazole rings is 1. The first-order valence-electron chi connectivity index (χ1n) is 10.3. The first-order chi connectivity index (χ1) is 14.8. The van der Waals surface area contributed by atoms with E-state index in [2.05, 4.69) is 74.5 Å². The average molecular weight is 412 g/mol. The Balaban J connectivity index is 1.62. The summed E-state index contributed by atoms with van der Waals surface area (Å²) in [4.78, 5) is 23.3. The van der Waals surface area contributed by atoms with Crippen molar-refractivity contribution >= 4 is 28.0 Å². The number of H-pyrrole nitrogens is 1. The molecule has 5 aromatic rings. The summed E-state index contributed by atoms with van der Waals surface area (Å²) in [7, 11) is 3.86. The number of nitrogens with one attached hydrogen (secondary N) is 1. The topological polar surface area (TPSA) is 75.5 Å². The van der Waals surface area contributed by atoms with Crippen molar-refractivity contribution in [2.24, 2.45) is 0 Å². The summed E-state index contributed by atoms with van der Waals surface area (Å²) in [5.74, 6) is 0.684. The largest absolute Gasteiger partial charge is 0.347 e. The van der Waals surface area contributed by atoms with Crippen LogP contribution in [-0.2, 0) is 5.54 Å². The first kappa shape index (κ1) is 19.2. The maximum absolute atomic E-state index is 4.63. The van der Waals surface area contributed by atoms with Crippen molar-refractivity contribution < 1.29 is 0 Å². The second kappa shape index (κ2) is 6.91. The lowest BCUT2D eigenvalue weighted by atomic mass is 10.0. The van der Waals surface area contributed by atoms with E-state index in [4.69, 9.17) is 0 Å². The molecule has 0 atom stereocenters. The lowest BCUT2D eigenvalue weighted by Gasteiger charge is -2.21. The third kappa shape index (κ3) is 3.32. The van der Waals surface area contributed by atoms with E-state index < -0.39 is 0 Å². The van der Waals surface area contributed by atoms with Crippen LogP contribution in [0.15, 0.2) is 55.4 Å². The van der Waals surface area contributed by atoms with Gasteiger partial charge in [0.15, 0.2) is 0 Å². The Hall–Kier alpha value is -3.74. The van der Waals surface area contributed by atoms with Gasteiger partial charge in [-0.25, -0.2) is 19.9 Å². The van der Waals surface area contributed by atoms with Crippen molar-refractivity contribution in [3.8, 4) is 22.3 Å². The number of rotatable bonds is 3. The highest BCUT2D eigenvalue weighted by Crippen LogP contribution is 2.33. The van der Waals surface area contributed by atoms with Crippen LogP contribution in [0, 0.1) is 0 Å². The molecule has 0 bridgehead atoms. The van der Waals surface area contributed by atoms with Crippen LogP contribution in [0.3, 0.4) is 0 Å². The van der Waals surface area contributed by atoms with Crippen LogP contribution in [0.4, 0.5) is 5.95 Å². The van der Waals surface area contributed by atoms with Crippen LogP contribution in [0.5, 0.6) is 0 Å². The standard InChI is InChI=1S/C24H25N7/c1-24(2,3)31-14-29-20-7-6-15(9-21(20)31)19-13-26-22-18(19)8-16(10-25-22)17-11-27-23(28-12-17)30(4)5/h6-14H,1-5H3,(H,25,26). The van der Waals surface area contributed by atoms with Gasteiger partial charge in [0.05, 0.1) is 17.4 Å². The molecular weight excluding hydrogens is 386 g/mol. The lowest BCUT2D eigenvalue weighted by Crippen LogP contribution is -2.20. The fourth-order valence-corrected chi connectivity index (χ4v) is 3.81. The highest BCUT2D eigenvalue weighted by Gasteiger charge is 2.17. The molecule has 0 amide bonds. The monoisotopic (exact) mass is 411 g/mol. The van der Waals surface area contributed by atoms with E-state index in [9.17, 15) is 0 Å². The van der Waals surface area contributed by atoms with Gasteiger partial charge in [-0.3, -0.25) is 0 Å². The molecule has 0 saturated carbocycles. The summed E-state index contributed by atoms with van der Waals surface area (Å²) < 4.78 is 2.22. The normalized spacial score (nSPS) is 12.0. The van der Waals surface area contributed by atoms with Crippen molar-refractivity contribution in [3.63, 3.8) is 0 Å². The molecule has 0 saturated heterocycles. The van der Waals surface area contributed by atoms with Crippen molar-refractivity contribution in [1.82, 2.24) is 29.5 Å². The Labute approximate surface area is 180 Å². The molecule has 7 nitrogen and oxygen atoms in total. The number of aromatic amines is 1. The third-order valence-electron chi connectivity index (χ3n) is 5.48. The third-order valence-corrected chi connectivity index (χ3v) is 5.48. The molecule has 0 aliphatic heterocycles. The molecule has 4 heterocycles. The van der Waals surface area contributed by atoms with E-state index in [1.54, 1.807) is 0 Å². The summed E-state index contributed by atoms with van der Waals surface area (Å²) >= 11 is 0. The number of hydrogen-bond acceptors (Lipinski definition) is 5. The van der Waals surface area contributed by atoms with Crippen LogP contribution in [0.2, 0.25) is 0 Å². The van der Waals surface area contributed by atoms with Crippen molar-refractivity contribution in [2.75, 3.05) is 19.0 Å². The second-order valence-electron chi connectivity index (χ2n) is 8.98. The quantitative estimate of drug-likeness (QED) is 0.459. The van der Waals surface area contributed by atoms with Crippen molar-refractivity contribution in [2.45, 2.75) is 26.3 Å². The van der Waals surface area contributed by atoms with Gasteiger partial charge in [0.25, 0.3) is 0 Å². The number of aromatic nitrogens is 6. The molecule has 1 aromatic carbocycles. The minimum Gasteiger partial charge on any atom is -0.347 e. The fourth-order valence-electron chi connectivity index (χ4n) is 3.81. The maximum atomic E-state index is 4.63. The number of hydrogen-bond donors (Lipinski definition) is 1. The zero-order valence-electron chi connectivity index (χ0n) is 18.4. The second-order valence-corrected chi connectivity index (χ2v) is 8.98. The molecule has 0 aliphatic carbocycles. The Morgan fingerprint density at radius 2 is 1.61 bits per heavy atom. The number of fused-ring (bicyclic) bond motifs is 2. The van der Waals surface area contributed by atoms with Gasteiger partial charge in [0.1, 0.15) is 5.65 Å². The lowest BCUT2D eigenvalue weighted by molar-refractivity contribution is 0.408. The molecule has 5 rings (SSSR count). The van der Waals surface area contributed by atoms with E-state index in [1.807, 2.05) is 50.1 Å². The van der Waals surface area contributed by atoms with Gasteiger partial charge in [-0.1, -0.05) is 6.07 Å². The van der Waals surface area contributed by atoms with Gasteiger partial charge in [0, 0.05) is 66.5 Å². The Kier molecular flexibility index (Phi) is 4.28. The van der Waals surface area contributed by atoms with Gasteiger partial charge in [-0.05, 0) is 44.5 Å². The zero-order chi connectivity index (χ0) is 21.8. The minimum atomic E-state index is -0.0406. The van der Waals surface area contributed by atoms with Gasteiger partial charge >= 0.3 is 0 Å². The SMILES string of the molecule is CN(C)c1ncc(-c2cnc3[nH]cc(-c4ccc5ncn(C(C)(C)C)c5c4)c3c2)cn1. The molecule has 1 N–H and O–H groups in total. The van der Waals surface area contributed by atoms with Crippen LogP contribution in [0.1, 0.15) is 20.8 Å². The number of benzene rings is 1. The van der Waals surface area contributed by atoms with Crippen LogP contribution < -0.4 is 4.90 Å². The molecule has 4 aromatic heterocycles. The molecule has 7 heteroatoms. The molecule has 31 heavy (non-hydrogen) atoms. The first-order valence-corrected chi connectivity index (χ1v) is 10.3. The molecule has 0 aliphatic rings. The van der Waals surface area contributed by atoms with E-state index in [0.29, 0.717) is 5.95 Å². The summed E-state index contributed by atoms with van der Waals surface area (Å²) in [6.07, 6.45) is 9.47. The molecule has 156 valence electrons. The Morgan fingerprint density at radius 1 is 0.871 bits per heavy atom. The van der Waals surface area contributed by atoms with Gasteiger partial charge < -0.3 is 14.5 Å². The zero-order valence-corrected chi connectivity index (χ0v) is 18.4. The number of nitrogens with zero attached hydrogens (tertiary/aromatic N) is 6. The Bertz CT molecular complexity index is 1390. The van der Waals surface area contributed by atoms with Crippen LogP contribution in [0.25, 0.3) is 44.3 Å². The van der Waals surface area contributed by atoms with Crippen molar-refractivity contribution in [1.29, 1.82) is 0 Å². The van der Waals surface area contributed by atoms with Gasteiger partial charge in [-0.2, -0.15) is 0 Å². The molecule has 0 fully saturated rings. The van der Waals surface area contributed by atoms with Crippen molar-refractivity contribution in [3.05, 3.63) is 55.4 Å². The highest BCUT2D eigenvalue weighted by molar-refractivity contribution is 5.97. The number of pyridine rings is 1. The van der Waals surface area contributed by atoms with E-state index in [-0.39, 0.29) is 5.54 Å². The van der Waals surface area contributed by atoms with E-state index in [1.165, 1.54) is 0 Å². The van der Waals surface area contributed by atoms with Gasteiger partial charge in [0.2, 0.25) is 5.95 Å². The summed E-state index contributed by atoms with van der Waals surface area (Å²) in [5, 5.41) is 1.07. The fraction of sp³-hybridized carbons (Fsp3) is 0.250. The average Bonchev–Trinajstić information content (AvgIpc) is 3.36. The summed E-state index contributed by atoms with van der Waals surface area (Å²) in [6.45, 7) is 6.56. The van der Waals surface area contributed by atoms with Gasteiger partial charge in [-0.15, -0.1) is 0 Å². The van der Waals surface area contributed by atoms with Crippen LogP contribution >= 0.6 is 0 Å². The van der Waals surface area contributed by atoms with E-state index >= 15 is 0 Å². The van der Waals surface area contributed by atoms with Crippen LogP contribution in [-0.4, -0.2) is 43.6 Å². The maximum Gasteiger partial charge on any atom is 0.224 e. The minimum absolute atomic E-state index is 0.0406. The molecular formula is C24H25N7. The predicted octanol–water partition coefficient (Wildman–Crippen LogP) is 4.86. The van der Waals surface area contributed by atoms with E-state index in [0.717, 1.165) is 44.3 Å². The molecule has 0 spiro atoms. The number of anilines is 1. The summed E-state index contributed by atoms with van der Waals surface area (Å²) in [6, 6.07) is 8.55.